The quantitative estimate of drug-likeness (QED) is 0.349. The number of nitrogens with zero attached hydrogens (tertiary/aromatic N) is 6. The van der Waals surface area contributed by atoms with E-state index < -0.39 is 30.4 Å². The Bertz CT molecular complexity index is 1250. The van der Waals surface area contributed by atoms with Gasteiger partial charge in [0.25, 0.3) is 5.91 Å². The van der Waals surface area contributed by atoms with Gasteiger partial charge in [-0.2, -0.15) is 0 Å². The van der Waals surface area contributed by atoms with Crippen molar-refractivity contribution in [1.82, 2.24) is 34.6 Å². The third kappa shape index (κ3) is 5.57. The summed E-state index contributed by atoms with van der Waals surface area (Å²) in [4.78, 5) is 42.5. The topological polar surface area (TPSA) is 181 Å². The van der Waals surface area contributed by atoms with Crippen molar-refractivity contribution in [2.75, 3.05) is 45.6 Å². The standard InChI is InChI=1S/C26H38N8O6/c1-32-7-4-15(11-32)12-39-26(38)33-8-5-14(6-9-33)10-17-30-22(27)18-23(31-17)34(13-28-18)25-20(36)19(35)21(40-25)24(37)29-16-2-3-16/h13-16,19-21,25,35-36H,2-12H2,1H3,(H,29,37)(H2,27,30,31)/t15?,19?,20?,21-,25+/m0/s1. The van der Waals surface area contributed by atoms with Crippen molar-refractivity contribution >= 4 is 29.0 Å². The molecule has 0 spiro atoms. The first kappa shape index (κ1) is 27.1. The fourth-order valence-electron chi connectivity index (χ4n) is 5.90. The number of aliphatic hydroxyl groups is 2. The van der Waals surface area contributed by atoms with Crippen molar-refractivity contribution in [3.63, 3.8) is 0 Å². The molecule has 2 aromatic heterocycles. The van der Waals surface area contributed by atoms with Gasteiger partial charge in [0, 0.05) is 38.0 Å². The molecule has 1 aliphatic carbocycles. The first-order valence-corrected chi connectivity index (χ1v) is 14.2. The molecule has 2 aromatic rings. The van der Waals surface area contributed by atoms with Crippen molar-refractivity contribution in [3.8, 4) is 0 Å². The Morgan fingerprint density at radius 1 is 1.10 bits per heavy atom. The minimum Gasteiger partial charge on any atom is -0.449 e. The second-order valence-electron chi connectivity index (χ2n) is 11.7. The van der Waals surface area contributed by atoms with Gasteiger partial charge in [-0.3, -0.25) is 9.36 Å². The highest BCUT2D eigenvalue weighted by atomic mass is 16.6. The average Bonchev–Trinajstić information content (AvgIpc) is 3.35. The van der Waals surface area contributed by atoms with Crippen LogP contribution in [0, 0.1) is 11.8 Å². The molecule has 0 aromatic carbocycles. The number of ether oxygens (including phenoxy) is 2. The zero-order chi connectivity index (χ0) is 28.0. The predicted molar refractivity (Wildman–Crippen MR) is 142 cm³/mol. The van der Waals surface area contributed by atoms with Gasteiger partial charge in [0.05, 0.1) is 12.9 Å². The number of carbonyl (C=O) groups excluding carboxylic acids is 2. The van der Waals surface area contributed by atoms with Gasteiger partial charge in [0.2, 0.25) is 0 Å². The number of carbonyl (C=O) groups is 2. The molecule has 0 bridgehead atoms. The first-order chi connectivity index (χ1) is 19.3. The molecule has 14 heteroatoms. The van der Waals surface area contributed by atoms with E-state index in [0.29, 0.717) is 49.0 Å². The van der Waals surface area contributed by atoms with Crippen LogP contribution in [0.2, 0.25) is 0 Å². The SMILES string of the molecule is CN1CCC(COC(=O)N2CCC(Cc3nc(N)c4ncn([C@@H]5O[C@H](C(=O)NC6CC6)C(O)C5O)c4n3)CC2)C1. The summed E-state index contributed by atoms with van der Waals surface area (Å²) >= 11 is 0. The van der Waals surface area contributed by atoms with Crippen molar-refractivity contribution in [1.29, 1.82) is 0 Å². The lowest BCUT2D eigenvalue weighted by molar-refractivity contribution is -0.137. The Morgan fingerprint density at radius 2 is 1.85 bits per heavy atom. The first-order valence-electron chi connectivity index (χ1n) is 14.2. The fourth-order valence-corrected chi connectivity index (χ4v) is 5.90. The van der Waals surface area contributed by atoms with Crippen molar-refractivity contribution in [3.05, 3.63) is 12.2 Å². The van der Waals surface area contributed by atoms with Crippen LogP contribution in [0.3, 0.4) is 0 Å². The Kier molecular flexibility index (Phi) is 7.50. The van der Waals surface area contributed by atoms with E-state index in [0.717, 1.165) is 45.2 Å². The summed E-state index contributed by atoms with van der Waals surface area (Å²) < 4.78 is 12.9. The summed E-state index contributed by atoms with van der Waals surface area (Å²) in [5, 5.41) is 24.0. The molecule has 3 unspecified atom stereocenters. The molecular formula is C26H38N8O6. The molecule has 40 heavy (non-hydrogen) atoms. The summed E-state index contributed by atoms with van der Waals surface area (Å²) in [6, 6.07) is 0.0976. The molecule has 2 amide bonds. The van der Waals surface area contributed by atoms with Crippen LogP contribution in [0.15, 0.2) is 6.33 Å². The van der Waals surface area contributed by atoms with Crippen molar-refractivity contribution in [2.24, 2.45) is 11.8 Å². The molecule has 5 heterocycles. The molecule has 218 valence electrons. The van der Waals surface area contributed by atoms with Gasteiger partial charge in [0.1, 0.15) is 23.5 Å². The number of aromatic nitrogens is 4. The number of nitrogens with two attached hydrogens (primary N) is 1. The molecule has 3 aliphatic heterocycles. The number of nitrogens with one attached hydrogen (secondary N) is 1. The highest BCUT2D eigenvalue weighted by Crippen LogP contribution is 2.33. The molecule has 3 saturated heterocycles. The van der Waals surface area contributed by atoms with Crippen molar-refractivity contribution < 1.29 is 29.3 Å². The lowest BCUT2D eigenvalue weighted by Gasteiger charge is -2.31. The maximum atomic E-state index is 12.6. The molecule has 14 nitrogen and oxygen atoms in total. The van der Waals surface area contributed by atoms with Gasteiger partial charge < -0.3 is 40.5 Å². The molecule has 0 radical (unpaired) electrons. The summed E-state index contributed by atoms with van der Waals surface area (Å²) in [6.45, 7) is 3.68. The second kappa shape index (κ2) is 11.1. The van der Waals surface area contributed by atoms with Crippen LogP contribution in [0.1, 0.15) is 44.2 Å². The van der Waals surface area contributed by atoms with Crippen LogP contribution in [0.4, 0.5) is 10.6 Å². The highest BCUT2D eigenvalue weighted by Gasteiger charge is 2.48. The minimum absolute atomic E-state index is 0.0976. The number of fused-ring (bicyclic) bond motifs is 1. The Labute approximate surface area is 231 Å². The minimum atomic E-state index is -1.39. The number of anilines is 1. The van der Waals surface area contributed by atoms with Crippen LogP contribution >= 0.6 is 0 Å². The number of likely N-dealkylation sites (tertiary alicyclic amines) is 2. The van der Waals surface area contributed by atoms with Gasteiger partial charge in [-0.05, 0) is 51.6 Å². The number of aliphatic hydroxyl groups excluding tert-OH is 2. The smallest absolute Gasteiger partial charge is 0.409 e. The summed E-state index contributed by atoms with van der Waals surface area (Å²) in [5.74, 6) is 0.938. The Hall–Kier alpha value is -3.07. The second-order valence-corrected chi connectivity index (χ2v) is 11.7. The number of piperidine rings is 1. The molecule has 4 fully saturated rings. The monoisotopic (exact) mass is 558 g/mol. The normalized spacial score (nSPS) is 29.8. The molecule has 5 N–H and O–H groups in total. The molecule has 4 aliphatic rings. The van der Waals surface area contributed by atoms with Crippen LogP contribution in [-0.2, 0) is 20.7 Å². The van der Waals surface area contributed by atoms with Gasteiger partial charge >= 0.3 is 6.09 Å². The third-order valence-corrected chi connectivity index (χ3v) is 8.46. The van der Waals surface area contributed by atoms with Crippen LogP contribution in [-0.4, -0.2) is 116 Å². The fraction of sp³-hybridized carbons (Fsp3) is 0.731. The zero-order valence-electron chi connectivity index (χ0n) is 22.7. The average molecular weight is 559 g/mol. The van der Waals surface area contributed by atoms with E-state index in [1.807, 2.05) is 0 Å². The Balaban J connectivity index is 1.08. The van der Waals surface area contributed by atoms with E-state index in [1.54, 1.807) is 4.90 Å². The van der Waals surface area contributed by atoms with Gasteiger partial charge in [0.15, 0.2) is 23.8 Å². The van der Waals surface area contributed by atoms with E-state index in [1.165, 1.54) is 10.9 Å². The number of imidazole rings is 1. The van der Waals surface area contributed by atoms with E-state index in [9.17, 15) is 19.8 Å². The summed E-state index contributed by atoms with van der Waals surface area (Å²) in [5.41, 5.74) is 6.93. The molecule has 1 saturated carbocycles. The van der Waals surface area contributed by atoms with E-state index in [-0.39, 0.29) is 23.9 Å². The molecule has 5 atom stereocenters. The van der Waals surface area contributed by atoms with Gasteiger partial charge in [-0.15, -0.1) is 0 Å². The van der Waals surface area contributed by atoms with Gasteiger partial charge in [-0.1, -0.05) is 0 Å². The lowest BCUT2D eigenvalue weighted by atomic mass is 9.93. The van der Waals surface area contributed by atoms with E-state index in [2.05, 4.69) is 32.2 Å². The Morgan fingerprint density at radius 3 is 2.55 bits per heavy atom. The van der Waals surface area contributed by atoms with Crippen molar-refractivity contribution in [2.45, 2.75) is 69.1 Å². The predicted octanol–water partition coefficient (Wildman–Crippen LogP) is -0.351. The molecule has 6 rings (SSSR count). The van der Waals surface area contributed by atoms with Crippen LogP contribution in [0.5, 0.6) is 0 Å². The lowest BCUT2D eigenvalue weighted by Crippen LogP contribution is -2.43. The van der Waals surface area contributed by atoms with E-state index in [4.69, 9.17) is 15.2 Å². The number of hydrogen-bond donors (Lipinski definition) is 4. The van der Waals surface area contributed by atoms with Crippen LogP contribution < -0.4 is 11.1 Å². The maximum Gasteiger partial charge on any atom is 0.409 e. The number of rotatable bonds is 7. The van der Waals surface area contributed by atoms with Gasteiger partial charge in [-0.25, -0.2) is 19.7 Å². The van der Waals surface area contributed by atoms with E-state index >= 15 is 0 Å². The summed E-state index contributed by atoms with van der Waals surface area (Å²) in [6.07, 6.45) is 1.15. The third-order valence-electron chi connectivity index (χ3n) is 8.46. The van der Waals surface area contributed by atoms with Crippen LogP contribution in [0.25, 0.3) is 11.2 Å². The highest BCUT2D eigenvalue weighted by molar-refractivity contribution is 5.83. The number of hydrogen-bond acceptors (Lipinski definition) is 11. The zero-order valence-corrected chi connectivity index (χ0v) is 22.7. The largest absolute Gasteiger partial charge is 0.449 e. The number of amides is 2. The molecular weight excluding hydrogens is 520 g/mol. The summed E-state index contributed by atoms with van der Waals surface area (Å²) in [7, 11) is 2.08. The maximum absolute atomic E-state index is 12.6. The number of nitrogen functional groups attached to an aromatic ring is 1.